The molecule has 0 aliphatic heterocycles. The molecule has 0 unspecified atom stereocenters. The highest BCUT2D eigenvalue weighted by molar-refractivity contribution is 5.77. The lowest BCUT2D eigenvalue weighted by atomic mass is 9.88. The molecule has 36 heavy (non-hydrogen) atoms. The van der Waals surface area contributed by atoms with Crippen molar-refractivity contribution in [2.24, 2.45) is 0 Å². The number of carboxylic acid groups (broad SMARTS) is 1. The fourth-order valence-corrected chi connectivity index (χ4v) is 4.21. The maximum Gasteiger partial charge on any atom is 0.416 e. The molecule has 0 fully saturated rings. The van der Waals surface area contributed by atoms with Crippen molar-refractivity contribution in [1.82, 2.24) is 4.57 Å². The van der Waals surface area contributed by atoms with Gasteiger partial charge in [0.2, 0.25) is 0 Å². The molecule has 0 bridgehead atoms. The Labute approximate surface area is 207 Å². The van der Waals surface area contributed by atoms with Crippen molar-refractivity contribution in [2.45, 2.75) is 38.1 Å². The first-order valence-corrected chi connectivity index (χ1v) is 11.6. The summed E-state index contributed by atoms with van der Waals surface area (Å²) in [5, 5.41) is 9.97. The van der Waals surface area contributed by atoms with E-state index in [4.69, 9.17) is 4.74 Å². The van der Waals surface area contributed by atoms with E-state index in [1.54, 1.807) is 17.0 Å². The Morgan fingerprint density at radius 1 is 0.833 bits per heavy atom. The van der Waals surface area contributed by atoms with Crippen LogP contribution in [0.15, 0.2) is 97.3 Å². The van der Waals surface area contributed by atoms with Gasteiger partial charge in [-0.3, -0.25) is 0 Å². The lowest BCUT2D eigenvalue weighted by molar-refractivity contribution is -0.147. The second-order valence-electron chi connectivity index (χ2n) is 8.66. The predicted molar refractivity (Wildman–Crippen MR) is 132 cm³/mol. The van der Waals surface area contributed by atoms with Crippen LogP contribution in [0, 0.1) is 0 Å². The molecule has 4 aromatic rings. The van der Waals surface area contributed by atoms with Crippen molar-refractivity contribution in [2.75, 3.05) is 0 Å². The van der Waals surface area contributed by atoms with Crippen LogP contribution in [0.5, 0.6) is 5.75 Å². The molecular formula is C29H26F3NO3. The van der Waals surface area contributed by atoms with Crippen molar-refractivity contribution in [3.8, 4) is 16.9 Å². The summed E-state index contributed by atoms with van der Waals surface area (Å²) in [6, 6.07) is 23.6. The smallest absolute Gasteiger partial charge is 0.416 e. The third-order valence-electron chi connectivity index (χ3n) is 6.41. The standard InChI is InChI=1S/C29H26F3NO3/c1-2-28(27(34)35,33-17-3-4-18-33)19-21-7-15-26(16-8-21)36-20-22-5-9-23(10-6-22)24-11-13-25(14-12-24)29(30,31)32/h3-18H,2,19-20H2,1H3,(H,34,35)/t28-/m1/s1. The molecule has 0 aliphatic carbocycles. The molecule has 4 rings (SSSR count). The minimum atomic E-state index is -4.35. The maximum atomic E-state index is 12.8. The molecule has 0 radical (unpaired) electrons. The van der Waals surface area contributed by atoms with Crippen molar-refractivity contribution in [1.29, 1.82) is 0 Å². The normalized spacial score (nSPS) is 13.2. The van der Waals surface area contributed by atoms with Gasteiger partial charge < -0.3 is 14.4 Å². The molecule has 186 valence electrons. The molecule has 1 heterocycles. The molecule has 0 amide bonds. The summed E-state index contributed by atoms with van der Waals surface area (Å²) < 4.78 is 45.9. The van der Waals surface area contributed by atoms with Crippen LogP contribution < -0.4 is 4.74 Å². The average molecular weight is 494 g/mol. The van der Waals surface area contributed by atoms with Crippen LogP contribution in [0.4, 0.5) is 13.2 Å². The Hall–Kier alpha value is -4.00. The molecule has 0 aliphatic rings. The fourth-order valence-electron chi connectivity index (χ4n) is 4.21. The summed E-state index contributed by atoms with van der Waals surface area (Å²) in [6.07, 6.45) is -0.0112. The number of aromatic nitrogens is 1. The molecule has 0 spiro atoms. The van der Waals surface area contributed by atoms with E-state index in [0.717, 1.165) is 28.8 Å². The van der Waals surface area contributed by atoms with Gasteiger partial charge in [-0.25, -0.2) is 4.79 Å². The number of nitrogens with zero attached hydrogens (tertiary/aromatic N) is 1. The quantitative estimate of drug-likeness (QED) is 0.269. The van der Waals surface area contributed by atoms with Gasteiger partial charge in [-0.1, -0.05) is 55.5 Å². The van der Waals surface area contributed by atoms with Gasteiger partial charge in [0, 0.05) is 18.8 Å². The van der Waals surface area contributed by atoms with Gasteiger partial charge in [-0.2, -0.15) is 13.2 Å². The second kappa shape index (κ2) is 10.3. The van der Waals surface area contributed by atoms with Crippen LogP contribution in [-0.4, -0.2) is 15.6 Å². The van der Waals surface area contributed by atoms with Crippen LogP contribution >= 0.6 is 0 Å². The number of benzene rings is 3. The van der Waals surface area contributed by atoms with E-state index in [9.17, 15) is 23.1 Å². The van der Waals surface area contributed by atoms with Crippen LogP contribution in [-0.2, 0) is 29.5 Å². The minimum absolute atomic E-state index is 0.323. The monoisotopic (exact) mass is 493 g/mol. The number of ether oxygens (including phenoxy) is 1. The fraction of sp³-hybridized carbons (Fsp3) is 0.207. The number of hydrogen-bond acceptors (Lipinski definition) is 2. The van der Waals surface area contributed by atoms with E-state index in [1.807, 2.05) is 67.6 Å². The van der Waals surface area contributed by atoms with E-state index < -0.39 is 23.2 Å². The van der Waals surface area contributed by atoms with Crippen molar-refractivity contribution >= 4 is 5.97 Å². The average Bonchev–Trinajstić information content (AvgIpc) is 3.42. The molecule has 1 N–H and O–H groups in total. The van der Waals surface area contributed by atoms with Gasteiger partial charge in [0.05, 0.1) is 5.56 Å². The maximum absolute atomic E-state index is 12.8. The highest BCUT2D eigenvalue weighted by Crippen LogP contribution is 2.31. The van der Waals surface area contributed by atoms with Crippen LogP contribution in [0.3, 0.4) is 0 Å². The molecule has 7 heteroatoms. The van der Waals surface area contributed by atoms with E-state index in [2.05, 4.69) is 0 Å². The molecule has 0 saturated heterocycles. The summed E-state index contributed by atoms with van der Waals surface area (Å²) in [5.41, 5.74) is 1.60. The first-order valence-electron chi connectivity index (χ1n) is 11.6. The Balaban J connectivity index is 1.38. The minimum Gasteiger partial charge on any atom is -0.489 e. The van der Waals surface area contributed by atoms with Crippen molar-refractivity contribution in [3.63, 3.8) is 0 Å². The van der Waals surface area contributed by atoms with Crippen molar-refractivity contribution in [3.05, 3.63) is 114 Å². The summed E-state index contributed by atoms with van der Waals surface area (Å²) in [7, 11) is 0. The first-order chi connectivity index (χ1) is 17.2. The number of aliphatic carboxylic acids is 1. The Morgan fingerprint density at radius 2 is 1.36 bits per heavy atom. The second-order valence-corrected chi connectivity index (χ2v) is 8.66. The zero-order valence-electron chi connectivity index (χ0n) is 19.7. The zero-order chi connectivity index (χ0) is 25.8. The largest absolute Gasteiger partial charge is 0.489 e. The van der Waals surface area contributed by atoms with Gasteiger partial charge >= 0.3 is 12.1 Å². The van der Waals surface area contributed by atoms with Crippen LogP contribution in [0.1, 0.15) is 30.0 Å². The van der Waals surface area contributed by atoms with E-state index in [0.29, 0.717) is 30.8 Å². The third kappa shape index (κ3) is 5.46. The van der Waals surface area contributed by atoms with Crippen molar-refractivity contribution < 1.29 is 27.8 Å². The van der Waals surface area contributed by atoms with Gasteiger partial charge in [0.25, 0.3) is 0 Å². The molecule has 4 nitrogen and oxygen atoms in total. The number of rotatable bonds is 9. The van der Waals surface area contributed by atoms with Gasteiger partial charge in [-0.05, 0) is 65.1 Å². The zero-order valence-corrected chi connectivity index (χ0v) is 19.7. The summed E-state index contributed by atoms with van der Waals surface area (Å²) in [6.45, 7) is 2.19. The Kier molecular flexibility index (Phi) is 7.20. The number of carbonyl (C=O) groups is 1. The molecule has 1 atom stereocenters. The van der Waals surface area contributed by atoms with Gasteiger partial charge in [0.1, 0.15) is 17.9 Å². The predicted octanol–water partition coefficient (Wildman–Crippen LogP) is 7.19. The molecule has 0 saturated carbocycles. The number of carboxylic acids is 1. The van der Waals surface area contributed by atoms with Crippen LogP contribution in [0.25, 0.3) is 11.1 Å². The molecule has 3 aromatic carbocycles. The van der Waals surface area contributed by atoms with E-state index >= 15 is 0 Å². The van der Waals surface area contributed by atoms with Gasteiger partial charge in [-0.15, -0.1) is 0 Å². The topological polar surface area (TPSA) is 51.5 Å². The number of alkyl halides is 3. The molecule has 1 aromatic heterocycles. The summed E-state index contributed by atoms with van der Waals surface area (Å²) >= 11 is 0. The molecular weight excluding hydrogens is 467 g/mol. The highest BCUT2D eigenvalue weighted by Gasteiger charge is 2.38. The third-order valence-corrected chi connectivity index (χ3v) is 6.41. The number of halogens is 3. The van der Waals surface area contributed by atoms with E-state index in [-0.39, 0.29) is 0 Å². The van der Waals surface area contributed by atoms with Gasteiger partial charge in [0.15, 0.2) is 0 Å². The highest BCUT2D eigenvalue weighted by atomic mass is 19.4. The van der Waals surface area contributed by atoms with Crippen LogP contribution in [0.2, 0.25) is 0 Å². The van der Waals surface area contributed by atoms with E-state index in [1.165, 1.54) is 12.1 Å². The Morgan fingerprint density at radius 3 is 1.86 bits per heavy atom. The summed E-state index contributed by atoms with van der Waals surface area (Å²) in [5.74, 6) is -0.217. The summed E-state index contributed by atoms with van der Waals surface area (Å²) in [4.78, 5) is 12.2. The lowest BCUT2D eigenvalue weighted by Gasteiger charge is -2.30. The SMILES string of the molecule is CC[C@@](Cc1ccc(OCc2ccc(-c3ccc(C(F)(F)F)cc3)cc2)cc1)(C(=O)O)n1cccc1. The Bertz CT molecular complexity index is 1280. The number of hydrogen-bond donors (Lipinski definition) is 1. The lowest BCUT2D eigenvalue weighted by Crippen LogP contribution is -2.42. The first kappa shape index (κ1) is 25.1.